The van der Waals surface area contributed by atoms with Crippen molar-refractivity contribution in [3.63, 3.8) is 0 Å². The van der Waals surface area contributed by atoms with Crippen LogP contribution in [0.2, 0.25) is 0 Å². The Morgan fingerprint density at radius 2 is 2.62 bits per heavy atom. The van der Waals surface area contributed by atoms with Crippen molar-refractivity contribution >= 4 is 5.84 Å². The second-order valence-corrected chi connectivity index (χ2v) is 1.81. The second-order valence-electron chi connectivity index (χ2n) is 1.81. The fourth-order valence-electron chi connectivity index (χ4n) is 0.500. The minimum Gasteiger partial charge on any atom is -0.382 e. The number of nitrogens with two attached hydrogens (primary N) is 1. The molecule has 0 aromatic heterocycles. The zero-order chi connectivity index (χ0) is 5.98. The van der Waals surface area contributed by atoms with Crippen molar-refractivity contribution in [2.45, 2.75) is 13.0 Å². The van der Waals surface area contributed by atoms with E-state index >= 15 is 0 Å². The summed E-state index contributed by atoms with van der Waals surface area (Å²) in [6.45, 7) is 2.01. The molecule has 0 amide bonds. The normalized spacial score (nSPS) is 26.6. The van der Waals surface area contributed by atoms with Crippen LogP contribution in [-0.2, 0) is 0 Å². The first-order valence-electron chi connectivity index (χ1n) is 2.56. The third kappa shape index (κ3) is 0.992. The van der Waals surface area contributed by atoms with Crippen LogP contribution in [0.15, 0.2) is 17.3 Å². The molecule has 0 fully saturated rings. The van der Waals surface area contributed by atoms with Gasteiger partial charge in [-0.1, -0.05) is 6.08 Å². The quantitative estimate of drug-likeness (QED) is 0.455. The Balaban J connectivity index is 2.58. The van der Waals surface area contributed by atoms with Gasteiger partial charge in [0.25, 0.3) is 0 Å². The molecule has 0 aromatic rings. The first-order chi connectivity index (χ1) is 3.79. The zero-order valence-electron chi connectivity index (χ0n) is 4.76. The predicted molar refractivity (Wildman–Crippen MR) is 33.4 cm³/mol. The number of hydrogen-bond donors (Lipinski definition) is 2. The van der Waals surface area contributed by atoms with Gasteiger partial charge in [0.2, 0.25) is 0 Å². The number of nitrogens with one attached hydrogen (secondary N) is 1. The van der Waals surface area contributed by atoms with Crippen LogP contribution in [0.1, 0.15) is 6.92 Å². The Bertz CT molecular complexity index is 137. The lowest BCUT2D eigenvalue weighted by Gasteiger charge is -2.09. The van der Waals surface area contributed by atoms with Gasteiger partial charge in [-0.05, 0) is 13.0 Å². The Hall–Kier alpha value is -0.990. The molecule has 3 nitrogen and oxygen atoms in total. The van der Waals surface area contributed by atoms with Gasteiger partial charge < -0.3 is 11.2 Å². The van der Waals surface area contributed by atoms with Crippen molar-refractivity contribution in [2.75, 3.05) is 0 Å². The van der Waals surface area contributed by atoms with Crippen LogP contribution in [0.4, 0.5) is 0 Å². The van der Waals surface area contributed by atoms with Crippen LogP contribution in [0.3, 0.4) is 0 Å². The maximum Gasteiger partial charge on any atom is 0.142 e. The van der Waals surface area contributed by atoms with Crippen molar-refractivity contribution in [2.24, 2.45) is 10.8 Å². The summed E-state index contributed by atoms with van der Waals surface area (Å²) in [5, 5.41) is 3.77. The summed E-state index contributed by atoms with van der Waals surface area (Å²) < 4.78 is 0. The summed E-state index contributed by atoms with van der Waals surface area (Å²) in [4.78, 5) is 0. The van der Waals surface area contributed by atoms with E-state index in [1.54, 1.807) is 6.08 Å². The molecule has 0 saturated carbocycles. The van der Waals surface area contributed by atoms with Gasteiger partial charge in [-0.2, -0.15) is 5.10 Å². The highest BCUT2D eigenvalue weighted by atomic mass is 15.3. The van der Waals surface area contributed by atoms with E-state index in [4.69, 9.17) is 5.73 Å². The van der Waals surface area contributed by atoms with Crippen molar-refractivity contribution in [1.82, 2.24) is 5.43 Å². The number of rotatable bonds is 0. The van der Waals surface area contributed by atoms with Crippen LogP contribution >= 0.6 is 0 Å². The third-order valence-corrected chi connectivity index (χ3v) is 0.953. The number of nitrogens with zero attached hydrogens (tertiary/aromatic N) is 1. The lowest BCUT2D eigenvalue weighted by Crippen LogP contribution is -2.26. The molecule has 3 heteroatoms. The SMILES string of the molecule is C[C@H]1C=CC(N)=NN1. The van der Waals surface area contributed by atoms with E-state index in [-0.39, 0.29) is 0 Å². The summed E-state index contributed by atoms with van der Waals surface area (Å²) in [5.74, 6) is 0.545. The second kappa shape index (κ2) is 1.86. The largest absolute Gasteiger partial charge is 0.382 e. The highest BCUT2D eigenvalue weighted by Gasteiger charge is 1.97. The van der Waals surface area contributed by atoms with Crippen LogP contribution in [0.25, 0.3) is 0 Å². The van der Waals surface area contributed by atoms with E-state index in [9.17, 15) is 0 Å². The van der Waals surface area contributed by atoms with E-state index in [0.717, 1.165) is 0 Å². The van der Waals surface area contributed by atoms with Gasteiger partial charge >= 0.3 is 0 Å². The fraction of sp³-hybridized carbons (Fsp3) is 0.400. The lowest BCUT2D eigenvalue weighted by molar-refractivity contribution is 0.663. The maximum atomic E-state index is 5.30. The Kier molecular flexibility index (Phi) is 1.20. The van der Waals surface area contributed by atoms with Gasteiger partial charge in [-0.25, -0.2) is 0 Å². The lowest BCUT2D eigenvalue weighted by atomic mass is 10.3. The molecular formula is C5H9N3. The Morgan fingerprint density at radius 1 is 1.88 bits per heavy atom. The summed E-state index contributed by atoms with van der Waals surface area (Å²) in [7, 11) is 0. The van der Waals surface area contributed by atoms with Crippen LogP contribution < -0.4 is 11.2 Å². The summed E-state index contributed by atoms with van der Waals surface area (Å²) in [6, 6.07) is 0.322. The molecule has 1 heterocycles. The van der Waals surface area contributed by atoms with E-state index in [1.165, 1.54) is 0 Å². The minimum atomic E-state index is 0.322. The van der Waals surface area contributed by atoms with Crippen LogP contribution in [-0.4, -0.2) is 11.9 Å². The van der Waals surface area contributed by atoms with Crippen LogP contribution in [0.5, 0.6) is 0 Å². The molecule has 0 aromatic carbocycles. The average Bonchev–Trinajstić information content (AvgIpc) is 1.77. The van der Waals surface area contributed by atoms with Gasteiger partial charge in [-0.3, -0.25) is 0 Å². The molecule has 1 atom stereocenters. The highest BCUT2D eigenvalue weighted by Crippen LogP contribution is 1.89. The molecule has 0 saturated heterocycles. The first kappa shape index (κ1) is 5.15. The smallest absolute Gasteiger partial charge is 0.142 e. The molecule has 0 bridgehead atoms. The monoisotopic (exact) mass is 111 g/mol. The Morgan fingerprint density at radius 3 is 3.00 bits per heavy atom. The van der Waals surface area contributed by atoms with Gasteiger partial charge in [0, 0.05) is 0 Å². The molecule has 0 unspecified atom stereocenters. The number of hydrazone groups is 1. The molecule has 0 spiro atoms. The molecule has 0 radical (unpaired) electrons. The maximum absolute atomic E-state index is 5.30. The number of amidine groups is 1. The van der Waals surface area contributed by atoms with Crippen LogP contribution in [0, 0.1) is 0 Å². The topological polar surface area (TPSA) is 50.4 Å². The van der Waals surface area contributed by atoms with E-state index in [2.05, 4.69) is 10.5 Å². The predicted octanol–water partition coefficient (Wildman–Crippen LogP) is -0.193. The molecule has 3 N–H and O–H groups in total. The zero-order valence-corrected chi connectivity index (χ0v) is 4.76. The van der Waals surface area contributed by atoms with Crippen molar-refractivity contribution in [3.05, 3.63) is 12.2 Å². The van der Waals surface area contributed by atoms with Gasteiger partial charge in [-0.15, -0.1) is 0 Å². The summed E-state index contributed by atoms with van der Waals surface area (Å²) >= 11 is 0. The van der Waals surface area contributed by atoms with Gasteiger partial charge in [0.05, 0.1) is 6.04 Å². The van der Waals surface area contributed by atoms with Gasteiger partial charge in [0.1, 0.15) is 5.84 Å². The van der Waals surface area contributed by atoms with E-state index < -0.39 is 0 Å². The van der Waals surface area contributed by atoms with Gasteiger partial charge in [0.15, 0.2) is 0 Å². The molecule has 1 aliphatic heterocycles. The highest BCUT2D eigenvalue weighted by molar-refractivity contribution is 5.91. The minimum absolute atomic E-state index is 0.322. The molecule has 8 heavy (non-hydrogen) atoms. The Labute approximate surface area is 48.3 Å². The van der Waals surface area contributed by atoms with Crippen molar-refractivity contribution in [3.8, 4) is 0 Å². The molecule has 1 rings (SSSR count). The third-order valence-electron chi connectivity index (χ3n) is 0.953. The summed E-state index contributed by atoms with van der Waals surface area (Å²) in [5.41, 5.74) is 8.11. The van der Waals surface area contributed by atoms with E-state index in [1.807, 2.05) is 13.0 Å². The summed E-state index contributed by atoms with van der Waals surface area (Å²) in [6.07, 6.45) is 3.75. The first-order valence-corrected chi connectivity index (χ1v) is 2.56. The molecule has 1 aliphatic rings. The number of hydrogen-bond acceptors (Lipinski definition) is 3. The molecule has 0 aliphatic carbocycles. The standard InChI is InChI=1S/C5H9N3/c1-4-2-3-5(6)8-7-4/h2-4,7H,1H3,(H2,6,8)/t4-/m0/s1. The van der Waals surface area contributed by atoms with E-state index in [0.29, 0.717) is 11.9 Å². The molecule has 44 valence electrons. The van der Waals surface area contributed by atoms with Crippen molar-refractivity contribution in [1.29, 1.82) is 0 Å². The molecular weight excluding hydrogens is 102 g/mol. The van der Waals surface area contributed by atoms with Crippen molar-refractivity contribution < 1.29 is 0 Å². The fourth-order valence-corrected chi connectivity index (χ4v) is 0.500. The average molecular weight is 111 g/mol.